The molecule has 0 aromatic rings. The Morgan fingerprint density at radius 1 is 1.46 bits per heavy atom. The number of hydrogen-bond donors (Lipinski definition) is 1. The van der Waals surface area contributed by atoms with Gasteiger partial charge in [-0.25, -0.2) is 0 Å². The van der Waals surface area contributed by atoms with Crippen molar-refractivity contribution in [3.05, 3.63) is 0 Å². The lowest BCUT2D eigenvalue weighted by Gasteiger charge is -2.24. The molecule has 0 amide bonds. The molecule has 0 radical (unpaired) electrons. The highest BCUT2D eigenvalue weighted by molar-refractivity contribution is 5.83. The molecule has 0 saturated heterocycles. The first-order valence-electron chi connectivity index (χ1n) is 5.35. The molecule has 2 aliphatic carbocycles. The zero-order valence-electron chi connectivity index (χ0n) is 8.25. The van der Waals surface area contributed by atoms with Gasteiger partial charge >= 0.3 is 0 Å². The monoisotopic (exact) mass is 182 g/mol. The number of aliphatic hydroxyl groups is 1. The van der Waals surface area contributed by atoms with Crippen molar-refractivity contribution in [3.63, 3.8) is 0 Å². The van der Waals surface area contributed by atoms with Gasteiger partial charge in [0.25, 0.3) is 0 Å². The van der Waals surface area contributed by atoms with Crippen molar-refractivity contribution in [2.45, 2.75) is 51.0 Å². The first-order chi connectivity index (χ1) is 6.09. The third kappa shape index (κ3) is 1.93. The van der Waals surface area contributed by atoms with Crippen molar-refractivity contribution in [3.8, 4) is 0 Å². The molecule has 2 nitrogen and oxygen atoms in total. The zero-order chi connectivity index (χ0) is 9.47. The average Bonchev–Trinajstić information content (AvgIpc) is 2.80. The topological polar surface area (TPSA) is 37.3 Å². The summed E-state index contributed by atoms with van der Waals surface area (Å²) in [7, 11) is 0. The molecule has 0 bridgehead atoms. The Hall–Kier alpha value is -0.370. The first-order valence-corrected chi connectivity index (χ1v) is 5.35. The lowest BCUT2D eigenvalue weighted by molar-refractivity contribution is -0.123. The van der Waals surface area contributed by atoms with Gasteiger partial charge in [0.2, 0.25) is 0 Å². The van der Waals surface area contributed by atoms with Gasteiger partial charge in [0, 0.05) is 12.3 Å². The van der Waals surface area contributed by atoms with E-state index in [-0.39, 0.29) is 5.92 Å². The number of carbonyl (C=O) groups is 1. The number of rotatable bonds is 3. The second-order valence-electron chi connectivity index (χ2n) is 4.89. The van der Waals surface area contributed by atoms with E-state index < -0.39 is 5.60 Å². The van der Waals surface area contributed by atoms with Gasteiger partial charge < -0.3 is 5.11 Å². The molecule has 0 spiro atoms. The second-order valence-corrected chi connectivity index (χ2v) is 4.89. The van der Waals surface area contributed by atoms with Gasteiger partial charge in [-0.3, -0.25) is 4.79 Å². The van der Waals surface area contributed by atoms with E-state index in [1.54, 1.807) is 0 Å². The number of Topliss-reactive ketones (excluding diaryl/α,β-unsaturated/α-hetero) is 1. The Bertz CT molecular complexity index is 216. The molecule has 2 rings (SSSR count). The average molecular weight is 182 g/mol. The summed E-state index contributed by atoms with van der Waals surface area (Å²) in [5.41, 5.74) is -0.565. The van der Waals surface area contributed by atoms with Crippen molar-refractivity contribution >= 4 is 5.78 Å². The normalized spacial score (nSPS) is 39.4. The Morgan fingerprint density at radius 2 is 2.15 bits per heavy atom. The van der Waals surface area contributed by atoms with Gasteiger partial charge in [0.1, 0.15) is 5.78 Å². The van der Waals surface area contributed by atoms with E-state index in [9.17, 15) is 9.90 Å². The lowest BCUT2D eigenvalue weighted by atomic mass is 9.88. The standard InChI is InChI=1S/C11H18O2/c1-11(13)6-2-3-9(11)7-10(12)8-4-5-8/h8-9,13H,2-7H2,1H3. The minimum atomic E-state index is -0.565. The fourth-order valence-corrected chi connectivity index (χ4v) is 2.36. The van der Waals surface area contributed by atoms with Crippen molar-refractivity contribution in [2.24, 2.45) is 11.8 Å². The molecule has 0 heterocycles. The Labute approximate surface area is 79.3 Å². The van der Waals surface area contributed by atoms with Crippen LogP contribution in [0.2, 0.25) is 0 Å². The van der Waals surface area contributed by atoms with Crippen molar-refractivity contribution in [1.82, 2.24) is 0 Å². The number of carbonyl (C=O) groups excluding carboxylic acids is 1. The summed E-state index contributed by atoms with van der Waals surface area (Å²) in [4.78, 5) is 11.5. The van der Waals surface area contributed by atoms with Crippen molar-refractivity contribution < 1.29 is 9.90 Å². The van der Waals surface area contributed by atoms with E-state index >= 15 is 0 Å². The van der Waals surface area contributed by atoms with Crippen LogP contribution in [0.3, 0.4) is 0 Å². The van der Waals surface area contributed by atoms with Crippen LogP contribution < -0.4 is 0 Å². The van der Waals surface area contributed by atoms with Crippen LogP contribution in [-0.4, -0.2) is 16.5 Å². The molecule has 2 aliphatic rings. The maximum Gasteiger partial charge on any atom is 0.136 e. The molecule has 2 atom stereocenters. The fraction of sp³-hybridized carbons (Fsp3) is 0.909. The van der Waals surface area contributed by atoms with Crippen LogP contribution in [0.1, 0.15) is 45.4 Å². The molecule has 74 valence electrons. The lowest BCUT2D eigenvalue weighted by Crippen LogP contribution is -2.30. The summed E-state index contributed by atoms with van der Waals surface area (Å²) in [5.74, 6) is 0.990. The van der Waals surface area contributed by atoms with Gasteiger partial charge in [-0.05, 0) is 38.5 Å². The number of hydrogen-bond acceptors (Lipinski definition) is 2. The number of ketones is 1. The predicted octanol–water partition coefficient (Wildman–Crippen LogP) is 1.91. The van der Waals surface area contributed by atoms with Gasteiger partial charge in [0.05, 0.1) is 5.60 Å². The molecule has 2 saturated carbocycles. The molecule has 1 N–H and O–H groups in total. The molecule has 0 aliphatic heterocycles. The smallest absolute Gasteiger partial charge is 0.136 e. The van der Waals surface area contributed by atoms with E-state index in [1.807, 2.05) is 6.92 Å². The quantitative estimate of drug-likeness (QED) is 0.724. The molecular formula is C11H18O2. The molecule has 2 unspecified atom stereocenters. The van der Waals surface area contributed by atoms with Crippen molar-refractivity contribution in [2.75, 3.05) is 0 Å². The SMILES string of the molecule is CC1(O)CCCC1CC(=O)C1CC1. The third-order valence-corrected chi connectivity index (χ3v) is 3.60. The van der Waals surface area contributed by atoms with Crippen LogP contribution in [0, 0.1) is 11.8 Å². The van der Waals surface area contributed by atoms with Gasteiger partial charge in [-0.15, -0.1) is 0 Å². The predicted molar refractivity (Wildman–Crippen MR) is 50.3 cm³/mol. The molecular weight excluding hydrogens is 164 g/mol. The highest BCUT2D eigenvalue weighted by Gasteiger charge is 2.40. The largest absolute Gasteiger partial charge is 0.390 e. The summed E-state index contributed by atoms with van der Waals surface area (Å²) in [6, 6.07) is 0. The van der Waals surface area contributed by atoms with Gasteiger partial charge in [-0.2, -0.15) is 0 Å². The summed E-state index contributed by atoms with van der Waals surface area (Å²) in [5, 5.41) is 9.95. The van der Waals surface area contributed by atoms with Gasteiger partial charge in [-0.1, -0.05) is 6.42 Å². The highest BCUT2D eigenvalue weighted by atomic mass is 16.3. The maximum atomic E-state index is 11.5. The van der Waals surface area contributed by atoms with E-state index in [1.165, 1.54) is 0 Å². The van der Waals surface area contributed by atoms with E-state index in [4.69, 9.17) is 0 Å². The van der Waals surface area contributed by atoms with E-state index in [2.05, 4.69) is 0 Å². The van der Waals surface area contributed by atoms with Crippen LogP contribution >= 0.6 is 0 Å². The fourth-order valence-electron chi connectivity index (χ4n) is 2.36. The minimum Gasteiger partial charge on any atom is -0.390 e. The summed E-state index contributed by atoms with van der Waals surface area (Å²) >= 11 is 0. The van der Waals surface area contributed by atoms with Crippen LogP contribution in [0.4, 0.5) is 0 Å². The minimum absolute atomic E-state index is 0.237. The Morgan fingerprint density at radius 3 is 2.62 bits per heavy atom. The highest BCUT2D eigenvalue weighted by Crippen LogP contribution is 2.40. The van der Waals surface area contributed by atoms with Crippen LogP contribution in [-0.2, 0) is 4.79 Å². The Kier molecular flexibility index (Phi) is 2.18. The van der Waals surface area contributed by atoms with Crippen molar-refractivity contribution in [1.29, 1.82) is 0 Å². The second kappa shape index (κ2) is 3.09. The first kappa shape index (κ1) is 9.20. The molecule has 13 heavy (non-hydrogen) atoms. The van der Waals surface area contributed by atoms with Gasteiger partial charge in [0.15, 0.2) is 0 Å². The molecule has 0 aromatic carbocycles. The van der Waals surface area contributed by atoms with E-state index in [0.717, 1.165) is 32.1 Å². The molecule has 2 fully saturated rings. The third-order valence-electron chi connectivity index (χ3n) is 3.60. The van der Waals surface area contributed by atoms with E-state index in [0.29, 0.717) is 18.1 Å². The summed E-state index contributed by atoms with van der Waals surface area (Å²) < 4.78 is 0. The maximum absolute atomic E-state index is 11.5. The summed E-state index contributed by atoms with van der Waals surface area (Å²) in [6.45, 7) is 1.88. The Balaban J connectivity index is 1.89. The van der Waals surface area contributed by atoms with Crippen LogP contribution in [0.25, 0.3) is 0 Å². The summed E-state index contributed by atoms with van der Waals surface area (Å²) in [6.07, 6.45) is 5.79. The molecule has 0 aromatic heterocycles. The molecule has 2 heteroatoms. The van der Waals surface area contributed by atoms with Crippen LogP contribution in [0.5, 0.6) is 0 Å². The zero-order valence-corrected chi connectivity index (χ0v) is 8.25. The van der Waals surface area contributed by atoms with Crippen LogP contribution in [0.15, 0.2) is 0 Å².